The van der Waals surface area contributed by atoms with Crippen LogP contribution in [0.15, 0.2) is 65.7 Å². The van der Waals surface area contributed by atoms with Crippen LogP contribution in [0.5, 0.6) is 5.88 Å². The van der Waals surface area contributed by atoms with Crippen LogP contribution in [0.25, 0.3) is 10.9 Å². The normalized spacial score (nSPS) is 21.1. The van der Waals surface area contributed by atoms with Crippen molar-refractivity contribution in [2.75, 3.05) is 5.32 Å². The summed E-state index contributed by atoms with van der Waals surface area (Å²) < 4.78 is 32.4. The third kappa shape index (κ3) is 4.12. The van der Waals surface area contributed by atoms with Crippen LogP contribution in [-0.4, -0.2) is 33.7 Å². The number of fused-ring (bicyclic) bond motifs is 2. The molecule has 1 fully saturated rings. The molecule has 1 aliphatic heterocycles. The molecule has 0 bridgehead atoms. The maximum absolute atomic E-state index is 13.0. The molecule has 2 aromatic carbocycles. The first-order valence-corrected chi connectivity index (χ1v) is 14.8. The Bertz CT molecular complexity index is 1770. The minimum atomic E-state index is -3.77. The number of sulfone groups is 1. The first-order valence-electron chi connectivity index (χ1n) is 13.4. The second-order valence-electron chi connectivity index (χ2n) is 10.8. The minimum Gasteiger partial charge on any atom is -0.472 e. The van der Waals surface area contributed by atoms with Gasteiger partial charge in [0, 0.05) is 17.4 Å². The highest BCUT2D eigenvalue weighted by Gasteiger charge is 2.51. The molecule has 6 rings (SSSR count). The standard InChI is InChI=1S/C30H29N5O4S/c1-30(2)27(36)22-16-21(12-13-25(22)40(30,37)38)33-28-26-24(35(34-28)23-11-7-6-10-20(23)17-31)14-15-32-29(26)39-18-19-8-4-3-5-9-19/h3-5,8-9,12-16,20,23H,6-7,10-11,18H2,1-2H3,(H,33,34)/t20-,23+/m1/s1. The quantitative estimate of drug-likeness (QED) is 0.318. The van der Waals surface area contributed by atoms with Crippen molar-refractivity contribution in [3.63, 3.8) is 0 Å². The number of hydrogen-bond donors (Lipinski definition) is 1. The van der Waals surface area contributed by atoms with Crippen molar-refractivity contribution in [3.05, 3.63) is 71.9 Å². The molecule has 1 aliphatic carbocycles. The number of rotatable bonds is 6. The number of anilines is 2. The summed E-state index contributed by atoms with van der Waals surface area (Å²) in [5.74, 6) is 0.243. The van der Waals surface area contributed by atoms with Crippen molar-refractivity contribution in [1.82, 2.24) is 14.8 Å². The van der Waals surface area contributed by atoms with Gasteiger partial charge in [-0.3, -0.25) is 9.48 Å². The predicted octanol–water partition coefficient (Wildman–Crippen LogP) is 5.76. The molecule has 0 radical (unpaired) electrons. The van der Waals surface area contributed by atoms with Gasteiger partial charge in [-0.1, -0.05) is 43.2 Å². The van der Waals surface area contributed by atoms with Gasteiger partial charge in [0.1, 0.15) is 16.7 Å². The molecule has 0 spiro atoms. The Labute approximate surface area is 232 Å². The highest BCUT2D eigenvalue weighted by Crippen LogP contribution is 2.42. The maximum Gasteiger partial charge on any atom is 0.227 e. The van der Waals surface area contributed by atoms with E-state index in [4.69, 9.17) is 9.84 Å². The van der Waals surface area contributed by atoms with E-state index in [2.05, 4.69) is 16.4 Å². The predicted molar refractivity (Wildman–Crippen MR) is 150 cm³/mol. The lowest BCUT2D eigenvalue weighted by molar-refractivity contribution is 0.0959. The van der Waals surface area contributed by atoms with Crippen molar-refractivity contribution in [3.8, 4) is 11.9 Å². The van der Waals surface area contributed by atoms with Crippen molar-refractivity contribution in [1.29, 1.82) is 5.26 Å². The van der Waals surface area contributed by atoms with Crippen LogP contribution in [0.2, 0.25) is 0 Å². The highest BCUT2D eigenvalue weighted by atomic mass is 32.2. The molecule has 3 heterocycles. The number of nitrogens with zero attached hydrogens (tertiary/aromatic N) is 4. The van der Waals surface area contributed by atoms with Gasteiger partial charge < -0.3 is 10.1 Å². The van der Waals surface area contributed by atoms with Crippen LogP contribution in [0.3, 0.4) is 0 Å². The van der Waals surface area contributed by atoms with Crippen LogP contribution in [0.1, 0.15) is 61.5 Å². The molecule has 2 aromatic heterocycles. The Hall–Kier alpha value is -4.23. The Balaban J connectivity index is 1.44. The summed E-state index contributed by atoms with van der Waals surface area (Å²) in [5, 5.41) is 18.8. The molecule has 9 nitrogen and oxygen atoms in total. The van der Waals surface area contributed by atoms with E-state index >= 15 is 0 Å². The van der Waals surface area contributed by atoms with E-state index in [1.165, 1.54) is 19.9 Å². The molecule has 2 aliphatic rings. The van der Waals surface area contributed by atoms with Crippen LogP contribution in [-0.2, 0) is 16.4 Å². The van der Waals surface area contributed by atoms with Gasteiger partial charge >= 0.3 is 0 Å². The molecule has 204 valence electrons. The van der Waals surface area contributed by atoms with Gasteiger partial charge in [-0.15, -0.1) is 0 Å². The van der Waals surface area contributed by atoms with E-state index < -0.39 is 20.4 Å². The van der Waals surface area contributed by atoms with E-state index in [1.54, 1.807) is 18.3 Å². The van der Waals surface area contributed by atoms with E-state index in [1.807, 2.05) is 41.1 Å². The average Bonchev–Trinajstić information content (AvgIpc) is 3.39. The summed E-state index contributed by atoms with van der Waals surface area (Å²) in [6, 6.07) is 18.7. The number of benzene rings is 2. The van der Waals surface area contributed by atoms with E-state index in [0.29, 0.717) is 29.4 Å². The van der Waals surface area contributed by atoms with Gasteiger partial charge in [0.05, 0.1) is 28.4 Å². The highest BCUT2D eigenvalue weighted by molar-refractivity contribution is 7.94. The molecule has 40 heavy (non-hydrogen) atoms. The fourth-order valence-electron chi connectivity index (χ4n) is 5.67. The number of nitrogens with one attached hydrogen (secondary N) is 1. The number of hydrogen-bond acceptors (Lipinski definition) is 8. The van der Waals surface area contributed by atoms with Gasteiger partial charge in [0.15, 0.2) is 21.4 Å². The third-order valence-corrected chi connectivity index (χ3v) is 10.5. The Morgan fingerprint density at radius 3 is 2.67 bits per heavy atom. The second-order valence-corrected chi connectivity index (χ2v) is 13.3. The van der Waals surface area contributed by atoms with Crippen LogP contribution in [0, 0.1) is 17.2 Å². The number of Topliss-reactive ketones (excluding diaryl/α,β-unsaturated/α-hetero) is 1. The SMILES string of the molecule is CC1(C)C(=O)c2cc(Nc3nn([C@H]4CCCC[C@@H]4C#N)c4ccnc(OCc5ccccc5)c34)ccc2S1(=O)=O. The van der Waals surface area contributed by atoms with E-state index in [-0.39, 0.29) is 22.4 Å². The molecule has 2 atom stereocenters. The first-order chi connectivity index (χ1) is 19.2. The fraction of sp³-hybridized carbons (Fsp3) is 0.333. The summed E-state index contributed by atoms with van der Waals surface area (Å²) in [5.41, 5.74) is 2.45. The molecule has 0 unspecified atom stereocenters. The number of ketones is 1. The lowest BCUT2D eigenvalue weighted by Crippen LogP contribution is -2.33. The Morgan fingerprint density at radius 1 is 1.12 bits per heavy atom. The average molecular weight is 556 g/mol. The monoisotopic (exact) mass is 555 g/mol. The summed E-state index contributed by atoms with van der Waals surface area (Å²) in [4.78, 5) is 17.6. The van der Waals surface area contributed by atoms with Gasteiger partial charge in [0.25, 0.3) is 0 Å². The zero-order chi connectivity index (χ0) is 28.1. The van der Waals surface area contributed by atoms with Crippen molar-refractivity contribution < 1.29 is 17.9 Å². The van der Waals surface area contributed by atoms with Crippen molar-refractivity contribution in [2.45, 2.75) is 61.8 Å². The number of carbonyl (C=O) groups is 1. The van der Waals surface area contributed by atoms with E-state index in [9.17, 15) is 18.5 Å². The topological polar surface area (TPSA) is 127 Å². The molecule has 0 saturated heterocycles. The fourth-order valence-corrected chi connectivity index (χ4v) is 7.26. The summed E-state index contributed by atoms with van der Waals surface area (Å²) in [6.07, 6.45) is 5.33. The zero-order valence-electron chi connectivity index (χ0n) is 22.3. The number of ether oxygens (including phenoxy) is 1. The van der Waals surface area contributed by atoms with Gasteiger partial charge in [-0.25, -0.2) is 13.4 Å². The largest absolute Gasteiger partial charge is 0.472 e. The van der Waals surface area contributed by atoms with Gasteiger partial charge in [-0.2, -0.15) is 10.4 Å². The smallest absolute Gasteiger partial charge is 0.227 e. The summed E-state index contributed by atoms with van der Waals surface area (Å²) in [7, 11) is -3.77. The lowest BCUT2D eigenvalue weighted by Gasteiger charge is -2.27. The van der Waals surface area contributed by atoms with Crippen LogP contribution >= 0.6 is 0 Å². The summed E-state index contributed by atoms with van der Waals surface area (Å²) in [6.45, 7) is 3.18. The molecule has 0 amide bonds. The number of pyridine rings is 1. The first kappa shape index (κ1) is 26.0. The third-order valence-electron chi connectivity index (χ3n) is 8.01. The maximum atomic E-state index is 13.0. The Morgan fingerprint density at radius 2 is 1.90 bits per heavy atom. The Kier molecular flexibility index (Phi) is 6.34. The van der Waals surface area contributed by atoms with E-state index in [0.717, 1.165) is 36.8 Å². The number of nitriles is 1. The molecular weight excluding hydrogens is 526 g/mol. The van der Waals surface area contributed by atoms with Crippen molar-refractivity contribution in [2.24, 2.45) is 5.92 Å². The number of carbonyl (C=O) groups excluding carboxylic acids is 1. The van der Waals surface area contributed by atoms with Gasteiger partial charge in [-0.05, 0) is 56.5 Å². The van der Waals surface area contributed by atoms with Crippen molar-refractivity contribution >= 4 is 38.0 Å². The molecular formula is C30H29N5O4S. The summed E-state index contributed by atoms with van der Waals surface area (Å²) >= 11 is 0. The second kappa shape index (κ2) is 9.75. The molecule has 10 heteroatoms. The zero-order valence-corrected chi connectivity index (χ0v) is 23.1. The molecule has 4 aromatic rings. The number of aromatic nitrogens is 3. The lowest BCUT2D eigenvalue weighted by atomic mass is 9.85. The van der Waals surface area contributed by atoms with Gasteiger partial charge in [0.2, 0.25) is 5.88 Å². The molecule has 1 saturated carbocycles. The van der Waals surface area contributed by atoms with Crippen LogP contribution in [0.4, 0.5) is 11.5 Å². The molecule has 1 N–H and O–H groups in total. The van der Waals surface area contributed by atoms with Crippen LogP contribution < -0.4 is 10.1 Å². The minimum absolute atomic E-state index is 0.0380.